The van der Waals surface area contributed by atoms with Crippen LogP contribution in [0.15, 0.2) is 6.07 Å². The molecule has 0 aliphatic carbocycles. The SMILES string of the molecule is Cc1cc(CN2CCC3CNCC3C2)c(C)s1.Cl. The average molecular weight is 287 g/mol. The van der Waals surface area contributed by atoms with Gasteiger partial charge in [-0.05, 0) is 63.4 Å². The molecule has 3 heterocycles. The van der Waals surface area contributed by atoms with E-state index in [4.69, 9.17) is 0 Å². The summed E-state index contributed by atoms with van der Waals surface area (Å²) in [6, 6.07) is 2.37. The van der Waals surface area contributed by atoms with Crippen molar-refractivity contribution in [3.05, 3.63) is 21.4 Å². The molecule has 2 nitrogen and oxygen atoms in total. The number of hydrogen-bond acceptors (Lipinski definition) is 3. The average Bonchev–Trinajstić information content (AvgIpc) is 2.85. The van der Waals surface area contributed by atoms with E-state index in [1.54, 1.807) is 5.56 Å². The van der Waals surface area contributed by atoms with Gasteiger partial charge < -0.3 is 5.32 Å². The maximum Gasteiger partial charge on any atom is 0.0244 e. The maximum atomic E-state index is 3.54. The van der Waals surface area contributed by atoms with Gasteiger partial charge in [-0.15, -0.1) is 23.7 Å². The fourth-order valence-corrected chi connectivity index (χ4v) is 4.27. The number of piperidine rings is 1. The van der Waals surface area contributed by atoms with Crippen LogP contribution in [0.5, 0.6) is 0 Å². The molecule has 1 aromatic heterocycles. The number of rotatable bonds is 2. The van der Waals surface area contributed by atoms with Gasteiger partial charge in [0.25, 0.3) is 0 Å². The Morgan fingerprint density at radius 3 is 2.83 bits per heavy atom. The molecule has 102 valence electrons. The van der Waals surface area contributed by atoms with Gasteiger partial charge in [0.2, 0.25) is 0 Å². The molecule has 0 radical (unpaired) electrons. The number of thiophene rings is 1. The van der Waals surface area contributed by atoms with Crippen molar-refractivity contribution < 1.29 is 0 Å². The van der Waals surface area contributed by atoms with Gasteiger partial charge in [-0.3, -0.25) is 4.90 Å². The third-order valence-electron chi connectivity index (χ3n) is 4.33. The van der Waals surface area contributed by atoms with Gasteiger partial charge in [-0.2, -0.15) is 0 Å². The Morgan fingerprint density at radius 1 is 1.33 bits per heavy atom. The molecule has 0 spiro atoms. The van der Waals surface area contributed by atoms with Gasteiger partial charge >= 0.3 is 0 Å². The van der Waals surface area contributed by atoms with Crippen molar-refractivity contribution in [3.63, 3.8) is 0 Å². The number of nitrogens with one attached hydrogen (secondary N) is 1. The molecule has 2 atom stereocenters. The normalized spacial score (nSPS) is 27.9. The zero-order chi connectivity index (χ0) is 11.8. The summed E-state index contributed by atoms with van der Waals surface area (Å²) in [7, 11) is 0. The lowest BCUT2D eigenvalue weighted by molar-refractivity contribution is 0.142. The van der Waals surface area contributed by atoms with Crippen LogP contribution in [0, 0.1) is 25.7 Å². The van der Waals surface area contributed by atoms with E-state index in [1.807, 2.05) is 11.3 Å². The summed E-state index contributed by atoms with van der Waals surface area (Å²) in [4.78, 5) is 5.62. The molecule has 0 saturated carbocycles. The summed E-state index contributed by atoms with van der Waals surface area (Å²) in [6.45, 7) is 10.7. The quantitative estimate of drug-likeness (QED) is 0.899. The lowest BCUT2D eigenvalue weighted by atomic mass is 9.88. The Hall–Kier alpha value is -0.0900. The van der Waals surface area contributed by atoms with Crippen molar-refractivity contribution >= 4 is 23.7 Å². The van der Waals surface area contributed by atoms with Crippen LogP contribution in [-0.2, 0) is 6.54 Å². The minimum atomic E-state index is 0. The summed E-state index contributed by atoms with van der Waals surface area (Å²) in [6.07, 6.45) is 1.39. The van der Waals surface area contributed by atoms with Crippen molar-refractivity contribution in [2.75, 3.05) is 26.2 Å². The van der Waals surface area contributed by atoms with Crippen molar-refractivity contribution in [2.45, 2.75) is 26.8 Å². The Labute approximate surface area is 120 Å². The number of likely N-dealkylation sites (tertiary alicyclic amines) is 1. The number of halogens is 1. The highest BCUT2D eigenvalue weighted by Crippen LogP contribution is 2.29. The van der Waals surface area contributed by atoms with E-state index in [0.29, 0.717) is 0 Å². The summed E-state index contributed by atoms with van der Waals surface area (Å²) in [5, 5.41) is 3.54. The largest absolute Gasteiger partial charge is 0.316 e. The molecule has 0 amide bonds. The van der Waals surface area contributed by atoms with Crippen LogP contribution in [0.1, 0.15) is 21.7 Å². The van der Waals surface area contributed by atoms with Crippen molar-refractivity contribution in [1.29, 1.82) is 0 Å². The van der Waals surface area contributed by atoms with Crippen molar-refractivity contribution in [1.82, 2.24) is 10.2 Å². The van der Waals surface area contributed by atoms with Gasteiger partial charge in [-0.1, -0.05) is 0 Å². The van der Waals surface area contributed by atoms with E-state index in [9.17, 15) is 0 Å². The van der Waals surface area contributed by atoms with E-state index in [-0.39, 0.29) is 12.4 Å². The summed E-state index contributed by atoms with van der Waals surface area (Å²) in [5.41, 5.74) is 1.55. The Kier molecular flexibility index (Phi) is 4.70. The molecule has 18 heavy (non-hydrogen) atoms. The van der Waals surface area contributed by atoms with E-state index in [0.717, 1.165) is 11.8 Å². The van der Waals surface area contributed by atoms with Gasteiger partial charge in [0.1, 0.15) is 0 Å². The van der Waals surface area contributed by atoms with Gasteiger partial charge in [0.15, 0.2) is 0 Å². The lowest BCUT2D eigenvalue weighted by Gasteiger charge is -2.34. The predicted molar refractivity (Wildman–Crippen MR) is 80.8 cm³/mol. The topological polar surface area (TPSA) is 15.3 Å². The molecule has 2 aliphatic heterocycles. The summed E-state index contributed by atoms with van der Waals surface area (Å²) in [5.74, 6) is 1.86. The standard InChI is InChI=1S/C14H22N2S.ClH/c1-10-5-13(11(2)17-10)8-16-4-3-12-6-15-7-14(12)9-16;/h5,12,14-15H,3-4,6-9H2,1-2H3;1H. The molecular formula is C14H23ClN2S. The molecule has 0 bridgehead atoms. The van der Waals surface area contributed by atoms with Crippen LogP contribution >= 0.6 is 23.7 Å². The van der Waals surface area contributed by atoms with Crippen LogP contribution < -0.4 is 5.32 Å². The van der Waals surface area contributed by atoms with Crippen LogP contribution in [-0.4, -0.2) is 31.1 Å². The van der Waals surface area contributed by atoms with Crippen LogP contribution in [0.3, 0.4) is 0 Å². The van der Waals surface area contributed by atoms with Crippen molar-refractivity contribution in [3.8, 4) is 0 Å². The molecule has 0 aromatic carbocycles. The lowest BCUT2D eigenvalue weighted by Crippen LogP contribution is -2.39. The van der Waals surface area contributed by atoms with E-state index < -0.39 is 0 Å². The molecule has 2 aliphatic rings. The summed E-state index contributed by atoms with van der Waals surface area (Å²) < 4.78 is 0. The third-order valence-corrected chi connectivity index (χ3v) is 5.33. The monoisotopic (exact) mass is 286 g/mol. The van der Waals surface area contributed by atoms with E-state index in [2.05, 4.69) is 30.1 Å². The molecule has 1 aromatic rings. The fraction of sp³-hybridized carbons (Fsp3) is 0.714. The van der Waals surface area contributed by atoms with Crippen LogP contribution in [0.25, 0.3) is 0 Å². The molecule has 4 heteroatoms. The first kappa shape index (κ1) is 14.3. The number of hydrogen-bond donors (Lipinski definition) is 1. The van der Waals surface area contributed by atoms with E-state index in [1.165, 1.54) is 48.9 Å². The van der Waals surface area contributed by atoms with Crippen LogP contribution in [0.2, 0.25) is 0 Å². The Bertz CT molecular complexity index is 404. The molecule has 3 rings (SSSR count). The zero-order valence-electron chi connectivity index (χ0n) is 11.2. The second kappa shape index (κ2) is 5.91. The molecule has 2 unspecified atom stereocenters. The highest BCUT2D eigenvalue weighted by Gasteiger charge is 2.32. The van der Waals surface area contributed by atoms with Gasteiger partial charge in [0, 0.05) is 22.8 Å². The number of aryl methyl sites for hydroxylation is 2. The predicted octanol–water partition coefficient (Wildman–Crippen LogP) is 2.83. The third kappa shape index (κ3) is 2.90. The second-order valence-corrected chi connectivity index (χ2v) is 7.10. The van der Waals surface area contributed by atoms with Gasteiger partial charge in [-0.25, -0.2) is 0 Å². The second-order valence-electron chi connectivity index (χ2n) is 5.64. The first-order valence-electron chi connectivity index (χ1n) is 6.71. The highest BCUT2D eigenvalue weighted by atomic mass is 35.5. The Balaban J connectivity index is 0.00000120. The number of nitrogens with zero attached hydrogens (tertiary/aromatic N) is 1. The van der Waals surface area contributed by atoms with E-state index >= 15 is 0 Å². The van der Waals surface area contributed by atoms with Gasteiger partial charge in [0.05, 0.1) is 0 Å². The van der Waals surface area contributed by atoms with Crippen LogP contribution in [0.4, 0.5) is 0 Å². The number of fused-ring (bicyclic) bond motifs is 1. The molecular weight excluding hydrogens is 264 g/mol. The first-order chi connectivity index (χ1) is 8.22. The Morgan fingerprint density at radius 2 is 2.11 bits per heavy atom. The minimum absolute atomic E-state index is 0. The summed E-state index contributed by atoms with van der Waals surface area (Å²) >= 11 is 1.94. The minimum Gasteiger partial charge on any atom is -0.316 e. The first-order valence-corrected chi connectivity index (χ1v) is 7.53. The fourth-order valence-electron chi connectivity index (χ4n) is 3.34. The highest BCUT2D eigenvalue weighted by molar-refractivity contribution is 7.12. The zero-order valence-corrected chi connectivity index (χ0v) is 12.9. The smallest absolute Gasteiger partial charge is 0.0244 e. The molecule has 2 saturated heterocycles. The molecule has 1 N–H and O–H groups in total. The maximum absolute atomic E-state index is 3.54. The van der Waals surface area contributed by atoms with Crippen molar-refractivity contribution in [2.24, 2.45) is 11.8 Å². The molecule has 2 fully saturated rings.